The minimum absolute atomic E-state index is 0.148. The molecule has 0 saturated heterocycles. The summed E-state index contributed by atoms with van der Waals surface area (Å²) in [5.74, 6) is -0.845. The molecular formula is C17H18F3N3O4S. The second-order valence-electron chi connectivity index (χ2n) is 5.75. The number of nitrogens with one attached hydrogen (secondary N) is 2. The minimum Gasteiger partial charge on any atom is -0.468 e. The number of amides is 1. The van der Waals surface area contributed by atoms with Gasteiger partial charge in [-0.25, -0.2) is 18.1 Å². The van der Waals surface area contributed by atoms with Crippen LogP contribution >= 0.6 is 0 Å². The Morgan fingerprint density at radius 3 is 2.29 bits per heavy atom. The van der Waals surface area contributed by atoms with E-state index in [9.17, 15) is 26.4 Å². The van der Waals surface area contributed by atoms with Crippen LogP contribution in [0.25, 0.3) is 0 Å². The number of alkyl halides is 3. The SMILES string of the molecule is CNS(=O)(=O)Cc1ccc(CNC(=O)c2ccc(OCC(F)(F)F)nc2)cc1. The summed E-state index contributed by atoms with van der Waals surface area (Å²) < 4.78 is 66.0. The van der Waals surface area contributed by atoms with Gasteiger partial charge < -0.3 is 10.1 Å². The zero-order valence-corrected chi connectivity index (χ0v) is 15.6. The zero-order chi connectivity index (χ0) is 20.8. The van der Waals surface area contributed by atoms with Gasteiger partial charge in [-0.3, -0.25) is 4.79 Å². The van der Waals surface area contributed by atoms with E-state index in [4.69, 9.17) is 0 Å². The highest BCUT2D eigenvalue weighted by Gasteiger charge is 2.28. The summed E-state index contributed by atoms with van der Waals surface area (Å²) in [6.07, 6.45) is -3.35. The van der Waals surface area contributed by atoms with E-state index in [1.165, 1.54) is 19.2 Å². The van der Waals surface area contributed by atoms with Gasteiger partial charge in [0.2, 0.25) is 15.9 Å². The van der Waals surface area contributed by atoms with Crippen molar-refractivity contribution in [1.82, 2.24) is 15.0 Å². The first kappa shape index (κ1) is 21.6. The highest BCUT2D eigenvalue weighted by atomic mass is 32.2. The largest absolute Gasteiger partial charge is 0.468 e. The van der Waals surface area contributed by atoms with Crippen molar-refractivity contribution in [2.75, 3.05) is 13.7 Å². The van der Waals surface area contributed by atoms with Crippen LogP contribution in [0.1, 0.15) is 21.5 Å². The average Bonchev–Trinajstić information content (AvgIpc) is 2.65. The molecule has 0 aliphatic rings. The van der Waals surface area contributed by atoms with Crippen molar-refractivity contribution < 1.29 is 31.1 Å². The number of nitrogens with zero attached hydrogens (tertiary/aromatic N) is 1. The van der Waals surface area contributed by atoms with Gasteiger partial charge in [-0.15, -0.1) is 0 Å². The van der Waals surface area contributed by atoms with Gasteiger partial charge in [0.1, 0.15) is 0 Å². The number of hydrogen-bond acceptors (Lipinski definition) is 5. The molecule has 0 radical (unpaired) electrons. The van der Waals surface area contributed by atoms with Crippen LogP contribution in [0.5, 0.6) is 5.88 Å². The monoisotopic (exact) mass is 417 g/mol. The lowest BCUT2D eigenvalue weighted by Crippen LogP contribution is -2.23. The summed E-state index contributed by atoms with van der Waals surface area (Å²) in [5, 5.41) is 2.64. The van der Waals surface area contributed by atoms with Gasteiger partial charge in [-0.1, -0.05) is 24.3 Å². The lowest BCUT2D eigenvalue weighted by molar-refractivity contribution is -0.154. The maximum absolute atomic E-state index is 12.1. The minimum atomic E-state index is -4.47. The summed E-state index contributed by atoms with van der Waals surface area (Å²) in [5.41, 5.74) is 1.51. The van der Waals surface area contributed by atoms with Crippen molar-refractivity contribution in [1.29, 1.82) is 0 Å². The molecule has 152 valence electrons. The molecule has 0 fully saturated rings. The second-order valence-corrected chi connectivity index (χ2v) is 7.68. The Kier molecular flexibility index (Phi) is 6.97. The molecule has 1 aromatic heterocycles. The molecule has 1 aromatic carbocycles. The molecule has 11 heteroatoms. The molecule has 0 spiro atoms. The third-order valence-electron chi connectivity index (χ3n) is 3.53. The van der Waals surface area contributed by atoms with Crippen LogP contribution in [0.4, 0.5) is 13.2 Å². The molecule has 2 aromatic rings. The highest BCUT2D eigenvalue weighted by molar-refractivity contribution is 7.88. The van der Waals surface area contributed by atoms with Gasteiger partial charge >= 0.3 is 6.18 Å². The first-order valence-corrected chi connectivity index (χ1v) is 9.66. The molecule has 7 nitrogen and oxygen atoms in total. The summed E-state index contributed by atoms with van der Waals surface area (Å²) in [6.45, 7) is -1.28. The van der Waals surface area contributed by atoms with Crippen LogP contribution in [-0.4, -0.2) is 39.1 Å². The number of carbonyl (C=O) groups excluding carboxylic acids is 1. The van der Waals surface area contributed by atoms with Crippen molar-refractivity contribution in [2.24, 2.45) is 0 Å². The van der Waals surface area contributed by atoms with Gasteiger partial charge in [0, 0.05) is 18.8 Å². The molecule has 0 bridgehead atoms. The van der Waals surface area contributed by atoms with E-state index in [1.54, 1.807) is 24.3 Å². The van der Waals surface area contributed by atoms with Gasteiger partial charge in [0.15, 0.2) is 6.61 Å². The molecule has 0 unspecified atom stereocenters. The van der Waals surface area contributed by atoms with Crippen molar-refractivity contribution in [2.45, 2.75) is 18.5 Å². The van der Waals surface area contributed by atoms with Gasteiger partial charge in [0.05, 0.1) is 11.3 Å². The third-order valence-corrected chi connectivity index (χ3v) is 4.86. The fourth-order valence-electron chi connectivity index (χ4n) is 2.09. The van der Waals surface area contributed by atoms with Crippen molar-refractivity contribution in [3.8, 4) is 5.88 Å². The number of benzene rings is 1. The maximum atomic E-state index is 12.1. The lowest BCUT2D eigenvalue weighted by atomic mass is 10.1. The first-order valence-electron chi connectivity index (χ1n) is 8.01. The molecule has 0 saturated carbocycles. The predicted octanol–water partition coefficient (Wildman–Crippen LogP) is 2.00. The molecule has 0 aliphatic carbocycles. The number of aromatic nitrogens is 1. The Balaban J connectivity index is 1.88. The molecule has 0 aliphatic heterocycles. The van der Waals surface area contributed by atoms with Crippen molar-refractivity contribution >= 4 is 15.9 Å². The van der Waals surface area contributed by atoms with Crippen LogP contribution < -0.4 is 14.8 Å². The zero-order valence-electron chi connectivity index (χ0n) is 14.8. The predicted molar refractivity (Wildman–Crippen MR) is 95.1 cm³/mol. The third kappa shape index (κ3) is 7.16. The van der Waals surface area contributed by atoms with Crippen LogP contribution in [0, 0.1) is 0 Å². The number of halogens is 3. The van der Waals surface area contributed by atoms with Crippen LogP contribution in [0.2, 0.25) is 0 Å². The van der Waals surface area contributed by atoms with Gasteiger partial charge in [-0.2, -0.15) is 13.2 Å². The molecule has 28 heavy (non-hydrogen) atoms. The highest BCUT2D eigenvalue weighted by Crippen LogP contribution is 2.17. The van der Waals surface area contributed by atoms with E-state index in [0.717, 1.165) is 11.8 Å². The molecular weight excluding hydrogens is 399 g/mol. The normalized spacial score (nSPS) is 11.9. The van der Waals surface area contributed by atoms with E-state index in [-0.39, 0.29) is 23.7 Å². The van der Waals surface area contributed by atoms with Crippen LogP contribution in [0.3, 0.4) is 0 Å². The van der Waals surface area contributed by atoms with E-state index in [0.29, 0.717) is 5.56 Å². The fourth-order valence-corrected chi connectivity index (χ4v) is 2.86. The number of sulfonamides is 1. The van der Waals surface area contributed by atoms with E-state index >= 15 is 0 Å². The van der Waals surface area contributed by atoms with Gasteiger partial charge in [0.25, 0.3) is 5.91 Å². The van der Waals surface area contributed by atoms with Gasteiger partial charge in [-0.05, 0) is 24.2 Å². The number of ether oxygens (including phenoxy) is 1. The molecule has 1 heterocycles. The van der Waals surface area contributed by atoms with E-state index < -0.39 is 28.7 Å². The summed E-state index contributed by atoms with van der Waals surface area (Å²) in [6, 6.07) is 9.15. The van der Waals surface area contributed by atoms with E-state index in [2.05, 4.69) is 19.8 Å². The quantitative estimate of drug-likeness (QED) is 0.685. The van der Waals surface area contributed by atoms with Crippen LogP contribution in [0.15, 0.2) is 42.6 Å². The number of hydrogen-bond donors (Lipinski definition) is 2. The topological polar surface area (TPSA) is 97.4 Å². The Bertz CT molecular complexity index is 899. The Hall–Kier alpha value is -2.66. The first-order chi connectivity index (χ1) is 13.1. The fraction of sp³-hybridized carbons (Fsp3) is 0.294. The van der Waals surface area contributed by atoms with Crippen molar-refractivity contribution in [3.05, 3.63) is 59.3 Å². The van der Waals surface area contributed by atoms with E-state index in [1.807, 2.05) is 0 Å². The molecule has 1 amide bonds. The number of rotatable bonds is 8. The Labute approximate surface area is 160 Å². The average molecular weight is 417 g/mol. The lowest BCUT2D eigenvalue weighted by Gasteiger charge is -2.09. The summed E-state index contributed by atoms with van der Waals surface area (Å²) >= 11 is 0. The van der Waals surface area contributed by atoms with Crippen molar-refractivity contribution in [3.63, 3.8) is 0 Å². The second kappa shape index (κ2) is 9.02. The van der Waals surface area contributed by atoms with Crippen LogP contribution in [-0.2, 0) is 22.3 Å². The number of carbonyl (C=O) groups is 1. The standard InChI is InChI=1S/C17H18F3N3O4S/c1-21-28(25,26)10-13-4-2-12(3-5-13)8-23-16(24)14-6-7-15(22-9-14)27-11-17(18,19)20/h2-7,9,21H,8,10-11H2,1H3,(H,23,24). The summed E-state index contributed by atoms with van der Waals surface area (Å²) in [7, 11) is -2.03. The Morgan fingerprint density at radius 2 is 1.75 bits per heavy atom. The Morgan fingerprint density at radius 1 is 1.11 bits per heavy atom. The summed E-state index contributed by atoms with van der Waals surface area (Å²) in [4.78, 5) is 15.7. The smallest absolute Gasteiger partial charge is 0.422 e. The number of pyridine rings is 1. The maximum Gasteiger partial charge on any atom is 0.422 e. The molecule has 0 atom stereocenters. The molecule has 2 rings (SSSR count). The molecule has 2 N–H and O–H groups in total.